The quantitative estimate of drug-likeness (QED) is 0.520. The molecule has 0 spiro atoms. The van der Waals surface area contributed by atoms with Gasteiger partial charge in [0.2, 0.25) is 0 Å². The van der Waals surface area contributed by atoms with Crippen LogP contribution in [0.5, 0.6) is 0 Å². The van der Waals surface area contributed by atoms with Gasteiger partial charge in [0.1, 0.15) is 18.7 Å². The highest BCUT2D eigenvalue weighted by Crippen LogP contribution is 1.95. The zero-order valence-electron chi connectivity index (χ0n) is 6.26. The lowest BCUT2D eigenvalue weighted by atomic mass is 10.2. The van der Waals surface area contributed by atoms with Crippen LogP contribution in [0.1, 0.15) is 20.3 Å². The molecule has 2 N–H and O–H groups in total. The third kappa shape index (κ3) is 1.95. The first kappa shape index (κ1) is 7.03. The highest BCUT2D eigenvalue weighted by Gasteiger charge is 2.18. The molecule has 0 aromatic heterocycles. The van der Waals surface area contributed by atoms with E-state index in [0.717, 1.165) is 19.2 Å². The van der Waals surface area contributed by atoms with Gasteiger partial charge in [0.15, 0.2) is 0 Å². The molecule has 2 atom stereocenters. The van der Waals surface area contributed by atoms with Gasteiger partial charge in [0, 0.05) is 0 Å². The fourth-order valence-corrected chi connectivity index (χ4v) is 1.09. The Kier molecular flexibility index (Phi) is 2.49. The summed E-state index contributed by atoms with van der Waals surface area (Å²) in [7, 11) is 0. The predicted octanol–water partition coefficient (Wildman–Crippen LogP) is -0.253. The van der Waals surface area contributed by atoms with Crippen molar-refractivity contribution in [3.63, 3.8) is 0 Å². The topological polar surface area (TPSA) is 25.8 Å². The van der Waals surface area contributed by atoms with Gasteiger partial charge in [-0.05, 0) is 13.3 Å². The summed E-state index contributed by atoms with van der Waals surface area (Å²) in [6, 6.07) is 0.723. The van der Waals surface area contributed by atoms with Gasteiger partial charge < -0.3 is 10.1 Å². The van der Waals surface area contributed by atoms with E-state index in [1.807, 2.05) is 0 Å². The molecule has 0 aromatic carbocycles. The third-order valence-electron chi connectivity index (χ3n) is 1.92. The maximum atomic E-state index is 5.45. The Bertz CT molecular complexity index is 77.0. The zero-order valence-corrected chi connectivity index (χ0v) is 6.26. The van der Waals surface area contributed by atoms with Gasteiger partial charge in [-0.3, -0.25) is 0 Å². The van der Waals surface area contributed by atoms with Gasteiger partial charge in [0.25, 0.3) is 0 Å². The van der Waals surface area contributed by atoms with Crippen molar-refractivity contribution in [1.82, 2.24) is 0 Å². The lowest BCUT2D eigenvalue weighted by Crippen LogP contribution is -2.94. The molecule has 0 aromatic rings. The summed E-state index contributed by atoms with van der Waals surface area (Å²) in [4.78, 5) is 0. The molecule has 1 saturated heterocycles. The van der Waals surface area contributed by atoms with Gasteiger partial charge in [-0.15, -0.1) is 0 Å². The SMILES string of the molecule is CC[C@H]1CO[C@@H](C)C[NH2+]1. The summed E-state index contributed by atoms with van der Waals surface area (Å²) in [5.74, 6) is 0. The molecule has 0 bridgehead atoms. The summed E-state index contributed by atoms with van der Waals surface area (Å²) in [6.45, 7) is 6.42. The van der Waals surface area contributed by atoms with Gasteiger partial charge in [-0.1, -0.05) is 6.92 Å². The van der Waals surface area contributed by atoms with Crippen LogP contribution in [-0.2, 0) is 4.74 Å². The second-order valence-corrected chi connectivity index (χ2v) is 2.78. The molecule has 1 aliphatic rings. The predicted molar refractivity (Wildman–Crippen MR) is 36.3 cm³/mol. The second-order valence-electron chi connectivity index (χ2n) is 2.78. The molecule has 1 fully saturated rings. The molecular formula is C7H16NO+. The highest BCUT2D eigenvalue weighted by molar-refractivity contribution is 4.57. The number of quaternary nitrogens is 1. The van der Waals surface area contributed by atoms with E-state index in [9.17, 15) is 0 Å². The van der Waals surface area contributed by atoms with Crippen LogP contribution < -0.4 is 5.32 Å². The molecule has 0 amide bonds. The van der Waals surface area contributed by atoms with E-state index in [1.54, 1.807) is 0 Å². The van der Waals surface area contributed by atoms with Gasteiger partial charge in [0.05, 0.1) is 6.61 Å². The number of nitrogens with two attached hydrogens (primary N) is 1. The minimum Gasteiger partial charge on any atom is -0.366 e. The van der Waals surface area contributed by atoms with Crippen molar-refractivity contribution >= 4 is 0 Å². The van der Waals surface area contributed by atoms with Crippen LogP contribution in [-0.4, -0.2) is 25.3 Å². The van der Waals surface area contributed by atoms with Crippen LogP contribution in [0.15, 0.2) is 0 Å². The largest absolute Gasteiger partial charge is 0.366 e. The van der Waals surface area contributed by atoms with Crippen LogP contribution >= 0.6 is 0 Å². The second kappa shape index (κ2) is 3.18. The molecule has 0 aliphatic carbocycles. The van der Waals surface area contributed by atoms with Crippen LogP contribution in [0.2, 0.25) is 0 Å². The van der Waals surface area contributed by atoms with Crippen LogP contribution in [0.25, 0.3) is 0 Å². The van der Waals surface area contributed by atoms with E-state index in [0.29, 0.717) is 6.10 Å². The van der Waals surface area contributed by atoms with Gasteiger partial charge in [-0.2, -0.15) is 0 Å². The van der Waals surface area contributed by atoms with E-state index < -0.39 is 0 Å². The molecule has 0 radical (unpaired) electrons. The minimum absolute atomic E-state index is 0.466. The van der Waals surface area contributed by atoms with Gasteiger partial charge in [-0.25, -0.2) is 0 Å². The Hall–Kier alpha value is -0.0800. The van der Waals surface area contributed by atoms with E-state index in [2.05, 4.69) is 19.2 Å². The van der Waals surface area contributed by atoms with Crippen LogP contribution in [0.4, 0.5) is 0 Å². The molecular weight excluding hydrogens is 114 g/mol. The molecule has 2 nitrogen and oxygen atoms in total. The van der Waals surface area contributed by atoms with Crippen molar-refractivity contribution in [2.45, 2.75) is 32.4 Å². The van der Waals surface area contributed by atoms with Crippen molar-refractivity contribution in [3.8, 4) is 0 Å². The summed E-state index contributed by atoms with van der Waals surface area (Å²) >= 11 is 0. The van der Waals surface area contributed by atoms with Crippen molar-refractivity contribution in [3.05, 3.63) is 0 Å². The number of rotatable bonds is 1. The normalized spacial score (nSPS) is 36.7. The Labute approximate surface area is 56.6 Å². The highest BCUT2D eigenvalue weighted by atomic mass is 16.5. The van der Waals surface area contributed by atoms with Crippen LogP contribution in [0, 0.1) is 0 Å². The fourth-order valence-electron chi connectivity index (χ4n) is 1.09. The first-order valence-electron chi connectivity index (χ1n) is 3.78. The van der Waals surface area contributed by atoms with E-state index in [4.69, 9.17) is 4.74 Å². The Morgan fingerprint density at radius 1 is 1.67 bits per heavy atom. The molecule has 1 heterocycles. The van der Waals surface area contributed by atoms with E-state index in [1.165, 1.54) is 6.42 Å². The molecule has 54 valence electrons. The number of hydrogen-bond acceptors (Lipinski definition) is 1. The first-order valence-corrected chi connectivity index (χ1v) is 3.78. The van der Waals surface area contributed by atoms with Crippen molar-refractivity contribution in [1.29, 1.82) is 0 Å². The summed E-state index contributed by atoms with van der Waals surface area (Å²) in [6.07, 6.45) is 1.69. The minimum atomic E-state index is 0.466. The Morgan fingerprint density at radius 2 is 2.44 bits per heavy atom. The van der Waals surface area contributed by atoms with E-state index >= 15 is 0 Å². The third-order valence-corrected chi connectivity index (χ3v) is 1.92. The molecule has 2 heteroatoms. The summed E-state index contributed by atoms with van der Waals surface area (Å²) in [5.41, 5.74) is 0. The molecule has 0 saturated carbocycles. The van der Waals surface area contributed by atoms with Crippen LogP contribution in [0.3, 0.4) is 0 Å². The van der Waals surface area contributed by atoms with Gasteiger partial charge >= 0.3 is 0 Å². The number of hydrogen-bond donors (Lipinski definition) is 1. The lowest BCUT2D eigenvalue weighted by Gasteiger charge is -2.23. The summed E-state index contributed by atoms with van der Waals surface area (Å²) < 4.78 is 5.45. The Balaban J connectivity index is 2.18. The maximum Gasteiger partial charge on any atom is 0.109 e. The van der Waals surface area contributed by atoms with Crippen molar-refractivity contribution in [2.75, 3.05) is 13.2 Å². The molecule has 9 heavy (non-hydrogen) atoms. The standard InChI is InChI=1S/C7H15NO/c1-3-7-5-9-6(2)4-8-7/h6-8H,3-5H2,1-2H3/p+1/t6-,7-/m0/s1. The smallest absolute Gasteiger partial charge is 0.109 e. The fraction of sp³-hybridized carbons (Fsp3) is 1.00. The van der Waals surface area contributed by atoms with Crippen molar-refractivity contribution in [2.24, 2.45) is 0 Å². The van der Waals surface area contributed by atoms with E-state index in [-0.39, 0.29) is 0 Å². The number of ether oxygens (including phenoxy) is 1. The molecule has 1 aliphatic heterocycles. The lowest BCUT2D eigenvalue weighted by molar-refractivity contribution is -0.711. The average Bonchev–Trinajstić information content (AvgIpc) is 1.90. The number of morpholine rings is 1. The molecule has 1 rings (SSSR count). The first-order chi connectivity index (χ1) is 4.33. The Morgan fingerprint density at radius 3 is 2.89 bits per heavy atom. The monoisotopic (exact) mass is 130 g/mol. The van der Waals surface area contributed by atoms with Crippen molar-refractivity contribution < 1.29 is 10.1 Å². The summed E-state index contributed by atoms with van der Waals surface area (Å²) in [5, 5.41) is 2.38. The average molecular weight is 130 g/mol. The zero-order chi connectivity index (χ0) is 6.69. The molecule has 0 unspecified atom stereocenters. The maximum absolute atomic E-state index is 5.45.